The van der Waals surface area contributed by atoms with Gasteiger partial charge in [-0.2, -0.15) is 0 Å². The summed E-state index contributed by atoms with van der Waals surface area (Å²) in [6.07, 6.45) is 3.72. The van der Waals surface area contributed by atoms with Gasteiger partial charge in [0.25, 0.3) is 0 Å². The maximum absolute atomic E-state index is 12.5. The summed E-state index contributed by atoms with van der Waals surface area (Å²) >= 11 is 0. The van der Waals surface area contributed by atoms with Crippen molar-refractivity contribution in [1.82, 2.24) is 4.90 Å². The zero-order chi connectivity index (χ0) is 27.6. The summed E-state index contributed by atoms with van der Waals surface area (Å²) in [7, 11) is 0. The summed E-state index contributed by atoms with van der Waals surface area (Å²) in [4.78, 5) is 25.3. The monoisotopic (exact) mass is 540 g/mol. The summed E-state index contributed by atoms with van der Waals surface area (Å²) in [5.41, 5.74) is 3.34. The molecule has 9 nitrogen and oxygen atoms in total. The van der Waals surface area contributed by atoms with Gasteiger partial charge in [0.2, 0.25) is 5.91 Å². The highest BCUT2D eigenvalue weighted by Gasteiger charge is 2.34. The molecule has 2 aliphatic heterocycles. The summed E-state index contributed by atoms with van der Waals surface area (Å²) < 4.78 is 12.8. The van der Waals surface area contributed by atoms with E-state index in [1.54, 1.807) is 0 Å². The minimum absolute atomic E-state index is 0.0132. The van der Waals surface area contributed by atoms with E-state index in [1.165, 1.54) is 0 Å². The number of likely N-dealkylation sites (tertiary alicyclic amines) is 1. The smallest absolute Gasteiger partial charge is 0.303 e. The van der Waals surface area contributed by atoms with E-state index in [0.29, 0.717) is 44.5 Å². The van der Waals surface area contributed by atoms with Gasteiger partial charge in [0.1, 0.15) is 0 Å². The van der Waals surface area contributed by atoms with Crippen molar-refractivity contribution in [3.63, 3.8) is 0 Å². The molecular formula is C30H40N2O7. The highest BCUT2D eigenvalue weighted by Crippen LogP contribution is 2.39. The molecule has 0 aliphatic carbocycles. The predicted molar refractivity (Wildman–Crippen MR) is 146 cm³/mol. The second-order valence-corrected chi connectivity index (χ2v) is 10.5. The molecule has 212 valence electrons. The van der Waals surface area contributed by atoms with Crippen LogP contribution in [0.5, 0.6) is 0 Å². The number of rotatable bonds is 13. The van der Waals surface area contributed by atoms with Crippen molar-refractivity contribution in [1.29, 1.82) is 0 Å². The van der Waals surface area contributed by atoms with Crippen molar-refractivity contribution in [3.8, 4) is 0 Å². The fourth-order valence-corrected chi connectivity index (χ4v) is 5.20. The minimum Gasteiger partial charge on any atom is -0.481 e. The molecule has 0 radical (unpaired) electrons. The van der Waals surface area contributed by atoms with Gasteiger partial charge in [-0.1, -0.05) is 49.2 Å². The van der Waals surface area contributed by atoms with Crippen molar-refractivity contribution in [3.05, 3.63) is 65.2 Å². The lowest BCUT2D eigenvalue weighted by Gasteiger charge is -2.38. The van der Waals surface area contributed by atoms with Crippen molar-refractivity contribution in [2.24, 2.45) is 0 Å². The number of carbonyl (C=O) groups is 2. The maximum atomic E-state index is 12.5. The predicted octanol–water partition coefficient (Wildman–Crippen LogP) is 4.15. The van der Waals surface area contributed by atoms with Crippen LogP contribution in [0.2, 0.25) is 0 Å². The van der Waals surface area contributed by atoms with E-state index in [-0.39, 0.29) is 37.2 Å². The van der Waals surface area contributed by atoms with Crippen LogP contribution in [0.1, 0.15) is 80.5 Å². The maximum Gasteiger partial charge on any atom is 0.303 e. The van der Waals surface area contributed by atoms with Crippen LogP contribution in [0.25, 0.3) is 0 Å². The first-order valence-corrected chi connectivity index (χ1v) is 13.9. The van der Waals surface area contributed by atoms with Gasteiger partial charge in [-0.15, -0.1) is 0 Å². The summed E-state index contributed by atoms with van der Waals surface area (Å²) in [5, 5.41) is 31.1. The summed E-state index contributed by atoms with van der Waals surface area (Å²) in [5.74, 6) is -0.867. The molecule has 1 amide bonds. The molecule has 4 rings (SSSR count). The third-order valence-corrected chi connectivity index (χ3v) is 7.31. The van der Waals surface area contributed by atoms with E-state index in [1.807, 2.05) is 48.5 Å². The number of nitrogens with one attached hydrogen (secondary N) is 1. The van der Waals surface area contributed by atoms with Crippen LogP contribution in [0.15, 0.2) is 48.5 Å². The van der Waals surface area contributed by atoms with Gasteiger partial charge in [0, 0.05) is 50.1 Å². The number of carboxylic acids is 1. The lowest BCUT2D eigenvalue weighted by atomic mass is 9.99. The van der Waals surface area contributed by atoms with Crippen LogP contribution in [0.4, 0.5) is 5.69 Å². The molecule has 2 fully saturated rings. The SMILES string of the molecule is O=C(O)CCCCCCC(=O)Nc1cccc(C2OC(CN3CCC(O)C3)CC(c3ccc(CO)cc3)O2)c1. The number of carboxylic acid groups (broad SMARTS) is 1. The second-order valence-electron chi connectivity index (χ2n) is 10.5. The number of nitrogens with zero attached hydrogens (tertiary/aromatic N) is 1. The number of hydrogen-bond donors (Lipinski definition) is 4. The molecule has 39 heavy (non-hydrogen) atoms. The van der Waals surface area contributed by atoms with Gasteiger partial charge in [-0.05, 0) is 42.5 Å². The molecule has 0 spiro atoms. The average Bonchev–Trinajstić information content (AvgIpc) is 3.34. The van der Waals surface area contributed by atoms with Crippen LogP contribution < -0.4 is 5.32 Å². The lowest BCUT2D eigenvalue weighted by Crippen LogP contribution is -2.38. The Morgan fingerprint density at radius 3 is 2.44 bits per heavy atom. The molecule has 2 saturated heterocycles. The number of anilines is 1. The first kappa shape index (κ1) is 29.2. The van der Waals surface area contributed by atoms with E-state index >= 15 is 0 Å². The second kappa shape index (κ2) is 14.5. The molecule has 2 aromatic rings. The Balaban J connectivity index is 1.38. The van der Waals surface area contributed by atoms with Crippen molar-refractivity contribution in [2.45, 2.75) is 82.6 Å². The zero-order valence-electron chi connectivity index (χ0n) is 22.3. The minimum atomic E-state index is -0.786. The van der Waals surface area contributed by atoms with E-state index in [9.17, 15) is 19.8 Å². The molecule has 0 bridgehead atoms. The third-order valence-electron chi connectivity index (χ3n) is 7.31. The van der Waals surface area contributed by atoms with Crippen LogP contribution in [-0.4, -0.2) is 63.9 Å². The molecule has 4 atom stereocenters. The Kier molecular flexibility index (Phi) is 10.9. The summed E-state index contributed by atoms with van der Waals surface area (Å²) in [6.45, 7) is 2.16. The molecule has 2 heterocycles. The topological polar surface area (TPSA) is 129 Å². The van der Waals surface area contributed by atoms with Crippen molar-refractivity contribution >= 4 is 17.6 Å². The standard InChI is InChI=1S/C30H40N2O7/c33-20-21-10-12-22(13-11-21)27-17-26(19-32-15-14-25(34)18-32)38-30(39-27)23-6-5-7-24(16-23)31-28(35)8-3-1-2-4-9-29(36)37/h5-7,10-13,16,25-27,30,33-34H,1-4,8-9,14-15,17-20H2,(H,31,35)(H,36,37). The van der Waals surface area contributed by atoms with Crippen molar-refractivity contribution < 1.29 is 34.4 Å². The molecule has 2 aliphatic rings. The number of carbonyl (C=O) groups excluding carboxylic acids is 1. The Hall–Kier alpha value is -2.82. The number of unbranched alkanes of at least 4 members (excludes halogenated alkanes) is 3. The number of aliphatic hydroxyl groups excluding tert-OH is 2. The molecule has 0 saturated carbocycles. The Labute approximate surface area is 229 Å². The number of aliphatic carboxylic acids is 1. The van der Waals surface area contributed by atoms with Gasteiger partial charge in [-0.3, -0.25) is 14.5 Å². The number of amides is 1. The molecule has 0 aromatic heterocycles. The van der Waals surface area contributed by atoms with Crippen LogP contribution >= 0.6 is 0 Å². The van der Waals surface area contributed by atoms with Crippen LogP contribution in [0.3, 0.4) is 0 Å². The van der Waals surface area contributed by atoms with Gasteiger partial charge in [0.05, 0.1) is 24.9 Å². The largest absolute Gasteiger partial charge is 0.481 e. The first-order valence-electron chi connectivity index (χ1n) is 13.9. The quantitative estimate of drug-likeness (QED) is 0.279. The number of benzene rings is 2. The molecule has 9 heteroatoms. The normalized spacial score (nSPS) is 23.5. The molecule has 2 aromatic carbocycles. The highest BCUT2D eigenvalue weighted by molar-refractivity contribution is 5.90. The van der Waals surface area contributed by atoms with Gasteiger partial charge < -0.3 is 30.1 Å². The van der Waals surface area contributed by atoms with Gasteiger partial charge >= 0.3 is 5.97 Å². The number of β-amino-alcohol motifs (C(OH)–C–C–N with tert-alkyl or cyclic N) is 1. The zero-order valence-corrected chi connectivity index (χ0v) is 22.3. The first-order chi connectivity index (χ1) is 18.9. The Morgan fingerprint density at radius 2 is 1.74 bits per heavy atom. The third kappa shape index (κ3) is 9.12. The average molecular weight is 541 g/mol. The highest BCUT2D eigenvalue weighted by atomic mass is 16.7. The van der Waals surface area contributed by atoms with Gasteiger partial charge in [0.15, 0.2) is 6.29 Å². The van der Waals surface area contributed by atoms with Gasteiger partial charge in [-0.25, -0.2) is 0 Å². The number of aliphatic hydroxyl groups is 2. The van der Waals surface area contributed by atoms with E-state index in [2.05, 4.69) is 10.2 Å². The van der Waals surface area contributed by atoms with Crippen molar-refractivity contribution in [2.75, 3.05) is 25.0 Å². The van der Waals surface area contributed by atoms with E-state index in [4.69, 9.17) is 14.6 Å². The Morgan fingerprint density at radius 1 is 0.974 bits per heavy atom. The molecule has 4 N–H and O–H groups in total. The fourth-order valence-electron chi connectivity index (χ4n) is 5.20. The lowest BCUT2D eigenvalue weighted by molar-refractivity contribution is -0.252. The Bertz CT molecular complexity index is 1080. The molecule has 4 unspecified atom stereocenters. The number of hydrogen-bond acceptors (Lipinski definition) is 7. The summed E-state index contributed by atoms with van der Waals surface area (Å²) in [6, 6.07) is 15.3. The fraction of sp³-hybridized carbons (Fsp3) is 0.533. The molecular weight excluding hydrogens is 500 g/mol. The van der Waals surface area contributed by atoms with Crippen LogP contribution in [-0.2, 0) is 25.7 Å². The van der Waals surface area contributed by atoms with E-state index in [0.717, 1.165) is 42.5 Å². The van der Waals surface area contributed by atoms with E-state index < -0.39 is 12.3 Å². The number of ether oxygens (including phenoxy) is 2. The van der Waals surface area contributed by atoms with Crippen LogP contribution in [0, 0.1) is 0 Å².